The number of sulfonamides is 1. The molecule has 142 valence electrons. The van der Waals surface area contributed by atoms with Crippen molar-refractivity contribution in [3.63, 3.8) is 0 Å². The summed E-state index contributed by atoms with van der Waals surface area (Å²) in [6.45, 7) is 0.804. The fourth-order valence-electron chi connectivity index (χ4n) is 2.81. The average molecular weight is 386 g/mol. The molecule has 27 heavy (non-hydrogen) atoms. The Balaban J connectivity index is 1.36. The fraction of sp³-hybridized carbons (Fsp3) is 0.300. The Morgan fingerprint density at radius 1 is 0.963 bits per heavy atom. The number of nitrogens with zero attached hydrogens (tertiary/aromatic N) is 1. The Hall–Kier alpha value is -2.67. The zero-order chi connectivity index (χ0) is 19.1. The quantitative estimate of drug-likeness (QED) is 0.558. The highest BCUT2D eigenvalue weighted by molar-refractivity contribution is 7.90. The van der Waals surface area contributed by atoms with E-state index in [-0.39, 0.29) is 10.9 Å². The molecule has 0 unspecified atom stereocenters. The van der Waals surface area contributed by atoms with E-state index in [1.54, 1.807) is 24.3 Å². The molecule has 0 fully saturated rings. The van der Waals surface area contributed by atoms with E-state index in [2.05, 4.69) is 9.71 Å². The number of hydrogen-bond donors (Lipinski definition) is 1. The summed E-state index contributed by atoms with van der Waals surface area (Å²) >= 11 is 0. The van der Waals surface area contributed by atoms with Crippen molar-refractivity contribution in [2.75, 3.05) is 6.54 Å². The van der Waals surface area contributed by atoms with Gasteiger partial charge in [-0.3, -0.25) is 14.5 Å². The first-order chi connectivity index (χ1) is 13.1. The summed E-state index contributed by atoms with van der Waals surface area (Å²) in [6, 6.07) is 16.4. The van der Waals surface area contributed by atoms with Gasteiger partial charge in [0.05, 0.1) is 4.90 Å². The second-order valence-corrected chi connectivity index (χ2v) is 7.94. The molecule has 1 heterocycles. The Morgan fingerprint density at radius 2 is 1.70 bits per heavy atom. The van der Waals surface area contributed by atoms with Gasteiger partial charge < -0.3 is 4.74 Å². The third-order valence-corrected chi connectivity index (χ3v) is 5.61. The maximum Gasteiger partial charge on any atom is 0.306 e. The van der Waals surface area contributed by atoms with Gasteiger partial charge in [0.2, 0.25) is 0 Å². The number of nitrogens with one attached hydrogen (secondary N) is 1. The average Bonchev–Trinajstić information content (AvgIpc) is 2.94. The van der Waals surface area contributed by atoms with Gasteiger partial charge in [-0.1, -0.05) is 48.9 Å². The zero-order valence-electron chi connectivity index (χ0n) is 14.9. The highest BCUT2D eigenvalue weighted by atomic mass is 32.2. The molecule has 1 aliphatic rings. The van der Waals surface area contributed by atoms with Gasteiger partial charge in [-0.25, -0.2) is 8.42 Å². The molecule has 0 spiro atoms. The number of esters is 1. The third-order valence-electron chi connectivity index (χ3n) is 4.21. The summed E-state index contributed by atoms with van der Waals surface area (Å²) in [6.07, 6.45) is 2.70. The van der Waals surface area contributed by atoms with Gasteiger partial charge in [0.25, 0.3) is 10.0 Å². The third kappa shape index (κ3) is 5.17. The minimum atomic E-state index is -3.48. The summed E-state index contributed by atoms with van der Waals surface area (Å²) in [5, 5.41) is 0. The van der Waals surface area contributed by atoms with E-state index in [9.17, 15) is 13.2 Å². The van der Waals surface area contributed by atoms with Crippen LogP contribution < -0.4 is 4.72 Å². The van der Waals surface area contributed by atoms with Crippen LogP contribution in [0, 0.1) is 0 Å². The first kappa shape index (κ1) is 19.1. The van der Waals surface area contributed by atoms with Crippen molar-refractivity contribution in [2.24, 2.45) is 4.99 Å². The van der Waals surface area contributed by atoms with Gasteiger partial charge in [0.1, 0.15) is 12.4 Å². The Morgan fingerprint density at radius 3 is 2.52 bits per heavy atom. The summed E-state index contributed by atoms with van der Waals surface area (Å²) in [5.74, 6) is 0.190. The van der Waals surface area contributed by atoms with Crippen molar-refractivity contribution in [1.29, 1.82) is 0 Å². The number of carbonyl (C=O) groups excluding carboxylic acids is 1. The van der Waals surface area contributed by atoms with Crippen molar-refractivity contribution in [3.8, 4) is 0 Å². The maximum absolute atomic E-state index is 12.0. The second kappa shape index (κ2) is 8.81. The molecule has 1 N–H and O–H groups in total. The van der Waals surface area contributed by atoms with Gasteiger partial charge in [0, 0.05) is 18.5 Å². The van der Waals surface area contributed by atoms with E-state index < -0.39 is 10.0 Å². The van der Waals surface area contributed by atoms with E-state index in [0.717, 1.165) is 24.8 Å². The van der Waals surface area contributed by atoms with E-state index in [1.807, 2.05) is 30.3 Å². The van der Waals surface area contributed by atoms with Gasteiger partial charge in [0.15, 0.2) is 0 Å². The lowest BCUT2D eigenvalue weighted by atomic mass is 10.2. The molecular weight excluding hydrogens is 364 g/mol. The van der Waals surface area contributed by atoms with Gasteiger partial charge in [-0.2, -0.15) is 0 Å². The molecule has 0 aliphatic carbocycles. The zero-order valence-corrected chi connectivity index (χ0v) is 15.7. The smallest absolute Gasteiger partial charge is 0.306 e. The van der Waals surface area contributed by atoms with Crippen molar-refractivity contribution >= 4 is 21.8 Å². The number of hydrogen-bond acceptors (Lipinski definition) is 5. The fourth-order valence-corrected chi connectivity index (χ4v) is 4.06. The number of fused-ring (bicyclic) bond motifs is 1. The number of ether oxygens (including phenoxy) is 1. The monoisotopic (exact) mass is 386 g/mol. The van der Waals surface area contributed by atoms with Crippen LogP contribution in [-0.2, 0) is 26.2 Å². The number of benzene rings is 2. The number of unbranched alkanes of at least 4 members (excludes halogenated alkanes) is 2. The normalized spacial score (nSPS) is 15.9. The molecule has 2 aromatic carbocycles. The molecule has 6 nitrogen and oxygen atoms in total. The molecule has 0 saturated carbocycles. The number of aliphatic imine (C=N–C) groups is 1. The van der Waals surface area contributed by atoms with Crippen molar-refractivity contribution in [3.05, 3.63) is 65.7 Å². The summed E-state index contributed by atoms with van der Waals surface area (Å²) < 4.78 is 31.7. The van der Waals surface area contributed by atoms with E-state index in [4.69, 9.17) is 4.74 Å². The molecular formula is C20H22N2O4S. The predicted molar refractivity (Wildman–Crippen MR) is 103 cm³/mol. The van der Waals surface area contributed by atoms with Crippen LogP contribution in [0.5, 0.6) is 0 Å². The second-order valence-electron chi connectivity index (χ2n) is 6.29. The first-order valence-corrected chi connectivity index (χ1v) is 10.4. The first-order valence-electron chi connectivity index (χ1n) is 8.92. The van der Waals surface area contributed by atoms with Crippen LogP contribution in [0.3, 0.4) is 0 Å². The molecule has 0 radical (unpaired) electrons. The summed E-state index contributed by atoms with van der Waals surface area (Å²) in [5.41, 5.74) is 1.59. The molecule has 0 aromatic heterocycles. The Labute approximate surface area is 159 Å². The van der Waals surface area contributed by atoms with Crippen molar-refractivity contribution in [1.82, 2.24) is 4.72 Å². The van der Waals surface area contributed by atoms with Crippen LogP contribution in [0.2, 0.25) is 0 Å². The molecule has 2 aromatic rings. The maximum atomic E-state index is 12.0. The lowest BCUT2D eigenvalue weighted by molar-refractivity contribution is -0.145. The predicted octanol–water partition coefficient (Wildman–Crippen LogP) is 3.03. The highest BCUT2D eigenvalue weighted by Crippen LogP contribution is 2.22. The summed E-state index contributed by atoms with van der Waals surface area (Å²) in [7, 11) is -3.48. The number of rotatable bonds is 8. The van der Waals surface area contributed by atoms with Gasteiger partial charge in [-0.05, 0) is 30.5 Å². The molecule has 3 rings (SSSR count). The molecule has 0 amide bonds. The largest absolute Gasteiger partial charge is 0.461 e. The van der Waals surface area contributed by atoms with Crippen LogP contribution in [-0.4, -0.2) is 26.8 Å². The molecule has 7 heteroatoms. The molecule has 0 saturated heterocycles. The number of amidine groups is 1. The minimum absolute atomic E-state index is 0.206. The topological polar surface area (TPSA) is 84.8 Å². The van der Waals surface area contributed by atoms with Crippen molar-refractivity contribution < 1.29 is 17.9 Å². The van der Waals surface area contributed by atoms with Crippen molar-refractivity contribution in [2.45, 2.75) is 37.2 Å². The van der Waals surface area contributed by atoms with Crippen LogP contribution in [0.1, 0.15) is 36.8 Å². The standard InChI is InChI=1S/C20H22N2O4S/c23-19(26-15-16-9-3-1-4-10-16)13-5-2-8-14-21-20-17-11-6-7-12-18(17)27(24,25)22-20/h1,3-4,6-7,9-12H,2,5,8,13-15H2,(H,21,22). The van der Waals surface area contributed by atoms with Gasteiger partial charge in [-0.15, -0.1) is 0 Å². The van der Waals surface area contributed by atoms with Crippen LogP contribution in [0.25, 0.3) is 0 Å². The lowest BCUT2D eigenvalue weighted by Crippen LogP contribution is -2.22. The van der Waals surface area contributed by atoms with Crippen LogP contribution in [0.15, 0.2) is 64.5 Å². The van der Waals surface area contributed by atoms with Gasteiger partial charge >= 0.3 is 5.97 Å². The summed E-state index contributed by atoms with van der Waals surface area (Å²) in [4.78, 5) is 16.4. The van der Waals surface area contributed by atoms with Crippen LogP contribution >= 0.6 is 0 Å². The Kier molecular flexibility index (Phi) is 6.24. The Bertz CT molecular complexity index is 924. The van der Waals surface area contributed by atoms with E-state index >= 15 is 0 Å². The highest BCUT2D eigenvalue weighted by Gasteiger charge is 2.29. The molecule has 0 bridgehead atoms. The van der Waals surface area contributed by atoms with E-state index in [1.165, 1.54) is 0 Å². The minimum Gasteiger partial charge on any atom is -0.461 e. The van der Waals surface area contributed by atoms with E-state index in [0.29, 0.717) is 31.0 Å². The molecule has 1 aliphatic heterocycles. The van der Waals surface area contributed by atoms with Crippen LogP contribution in [0.4, 0.5) is 0 Å². The SMILES string of the molecule is O=C(CCCCCN=C1NS(=O)(=O)c2ccccc21)OCc1ccccc1. The number of carbonyl (C=O) groups is 1. The lowest BCUT2D eigenvalue weighted by Gasteiger charge is -2.04. The molecule has 0 atom stereocenters.